The summed E-state index contributed by atoms with van der Waals surface area (Å²) in [5.41, 5.74) is 1.18. The molecule has 0 saturated carbocycles. The molecule has 0 saturated heterocycles. The van der Waals surface area contributed by atoms with Gasteiger partial charge in [0.2, 0.25) is 16.0 Å². The third kappa shape index (κ3) is 2.67. The molecule has 134 valence electrons. The second-order valence-corrected chi connectivity index (χ2v) is 8.29. The third-order valence-corrected chi connectivity index (χ3v) is 6.11. The van der Waals surface area contributed by atoms with E-state index in [2.05, 4.69) is 15.4 Å². The summed E-state index contributed by atoms with van der Waals surface area (Å²) in [6, 6.07) is 9.97. The van der Waals surface area contributed by atoms with Crippen LogP contribution in [0.5, 0.6) is 0 Å². The van der Waals surface area contributed by atoms with Gasteiger partial charge in [0.1, 0.15) is 0 Å². The minimum Gasteiger partial charge on any atom is -0.344 e. The second kappa shape index (κ2) is 5.65. The lowest BCUT2D eigenvalue weighted by atomic mass is 9.83. The highest BCUT2D eigenvalue weighted by Gasteiger charge is 2.37. The number of primary sulfonamides is 1. The smallest absolute Gasteiger partial charge is 0.241 e. The minimum atomic E-state index is -3.77. The number of aromatic nitrogens is 3. The summed E-state index contributed by atoms with van der Waals surface area (Å²) in [5, 5.41) is 14.3. The molecule has 26 heavy (non-hydrogen) atoms. The summed E-state index contributed by atoms with van der Waals surface area (Å²) >= 11 is 0. The van der Waals surface area contributed by atoms with Crippen molar-refractivity contribution in [3.05, 3.63) is 59.7 Å². The lowest BCUT2D eigenvalue weighted by Crippen LogP contribution is -2.44. The Bertz CT molecular complexity index is 1180. The molecule has 0 fully saturated rings. The Balaban J connectivity index is 1.74. The predicted molar refractivity (Wildman–Crippen MR) is 102 cm³/mol. The molecule has 0 radical (unpaired) electrons. The molecule has 1 aliphatic rings. The molecule has 0 amide bonds. The fourth-order valence-electron chi connectivity index (χ4n) is 3.33. The molecule has 4 rings (SSSR count). The van der Waals surface area contributed by atoms with Crippen LogP contribution in [0.2, 0.25) is 0 Å². The molecule has 8 heteroatoms. The molecule has 0 bridgehead atoms. The number of benzene rings is 1. The molecule has 1 aromatic carbocycles. The summed E-state index contributed by atoms with van der Waals surface area (Å²) in [7, 11) is -3.77. The summed E-state index contributed by atoms with van der Waals surface area (Å²) < 4.78 is 25.5. The first-order chi connectivity index (χ1) is 12.3. The number of nitrogens with zero attached hydrogens (tertiary/aromatic N) is 3. The number of rotatable bonds is 3. The van der Waals surface area contributed by atoms with E-state index in [1.165, 1.54) is 6.08 Å². The lowest BCUT2D eigenvalue weighted by Gasteiger charge is -2.36. The van der Waals surface area contributed by atoms with E-state index in [-0.39, 0.29) is 10.8 Å². The van der Waals surface area contributed by atoms with Crippen LogP contribution >= 0.6 is 0 Å². The quantitative estimate of drug-likeness (QED) is 0.738. The van der Waals surface area contributed by atoms with Gasteiger partial charge in [0.05, 0.1) is 27.7 Å². The van der Waals surface area contributed by atoms with E-state index in [9.17, 15) is 8.42 Å². The highest BCUT2D eigenvalue weighted by Crippen LogP contribution is 2.34. The van der Waals surface area contributed by atoms with Crippen molar-refractivity contribution < 1.29 is 8.42 Å². The molecule has 0 aliphatic heterocycles. The summed E-state index contributed by atoms with van der Waals surface area (Å²) in [6.07, 6.45) is 6.86. The normalized spacial score (nSPS) is 23.3. The third-order valence-electron chi connectivity index (χ3n) is 4.97. The van der Waals surface area contributed by atoms with Gasteiger partial charge in [-0.1, -0.05) is 37.3 Å². The van der Waals surface area contributed by atoms with Crippen molar-refractivity contribution in [2.24, 2.45) is 11.1 Å². The van der Waals surface area contributed by atoms with Crippen LogP contribution in [0.25, 0.3) is 16.4 Å². The highest BCUT2D eigenvalue weighted by atomic mass is 32.2. The van der Waals surface area contributed by atoms with Crippen LogP contribution in [-0.4, -0.2) is 28.6 Å². The Morgan fingerprint density at radius 2 is 2.08 bits per heavy atom. The Labute approximate surface area is 151 Å². The summed E-state index contributed by atoms with van der Waals surface area (Å²) in [5.74, 6) is 0.0386. The van der Waals surface area contributed by atoms with Gasteiger partial charge in [-0.25, -0.2) is 23.1 Å². The van der Waals surface area contributed by atoms with Gasteiger partial charge >= 0.3 is 0 Å². The van der Waals surface area contributed by atoms with Crippen LogP contribution in [0.3, 0.4) is 0 Å². The van der Waals surface area contributed by atoms with Crippen LogP contribution in [0.1, 0.15) is 13.8 Å². The Morgan fingerprint density at radius 3 is 2.85 bits per heavy atom. The average molecular weight is 369 g/mol. The number of fused-ring (bicyclic) bond motifs is 3. The fraction of sp³-hybridized carbons (Fsp3) is 0.222. The van der Waals surface area contributed by atoms with Gasteiger partial charge in [-0.05, 0) is 25.1 Å². The minimum absolute atomic E-state index is 0.183. The van der Waals surface area contributed by atoms with Gasteiger partial charge < -0.3 is 5.32 Å². The van der Waals surface area contributed by atoms with Crippen LogP contribution < -0.4 is 10.5 Å². The number of sulfonamides is 1. The van der Waals surface area contributed by atoms with Crippen molar-refractivity contribution in [1.82, 2.24) is 14.6 Å². The number of nitrogens with two attached hydrogens (primary N) is 1. The number of hydrogen-bond acceptors (Lipinski definition) is 5. The number of anilines is 1. The van der Waals surface area contributed by atoms with E-state index in [1.54, 1.807) is 12.3 Å². The molecule has 2 atom stereocenters. The van der Waals surface area contributed by atoms with E-state index in [1.807, 2.05) is 54.8 Å². The van der Waals surface area contributed by atoms with E-state index >= 15 is 0 Å². The molecule has 7 nitrogen and oxygen atoms in total. The van der Waals surface area contributed by atoms with Crippen LogP contribution in [0.4, 0.5) is 5.95 Å². The second-order valence-electron chi connectivity index (χ2n) is 6.72. The molecule has 2 heterocycles. The van der Waals surface area contributed by atoms with Gasteiger partial charge in [-0.2, -0.15) is 0 Å². The zero-order chi connectivity index (χ0) is 18.5. The predicted octanol–water partition coefficient (Wildman–Crippen LogP) is 2.43. The van der Waals surface area contributed by atoms with E-state index in [4.69, 9.17) is 5.14 Å². The monoisotopic (exact) mass is 369 g/mol. The largest absolute Gasteiger partial charge is 0.344 e. The first-order valence-corrected chi connectivity index (χ1v) is 9.76. The summed E-state index contributed by atoms with van der Waals surface area (Å²) in [4.78, 5) is 4.57. The number of hydrogen-bond donors (Lipinski definition) is 2. The Kier molecular flexibility index (Phi) is 3.64. The standard InChI is InChI=1S/C18H19N5O2S/c1-12-16(26(19,24)25)8-5-9-18(12,2)21-17-20-11-14-10-13-6-3-4-7-15(13)23(14)22-17/h3-12H,1-2H3,(H,21,22)(H2,19,24,25). The molecular formula is C18H19N5O2S. The first kappa shape index (κ1) is 16.7. The number of allylic oxidation sites excluding steroid dienone is 2. The van der Waals surface area contributed by atoms with Gasteiger partial charge in [-0.3, -0.25) is 0 Å². The van der Waals surface area contributed by atoms with Crippen LogP contribution in [-0.2, 0) is 10.0 Å². The zero-order valence-corrected chi connectivity index (χ0v) is 15.2. The van der Waals surface area contributed by atoms with Gasteiger partial charge in [-0.15, -0.1) is 5.10 Å². The molecule has 1 aliphatic carbocycles. The molecule has 0 spiro atoms. The van der Waals surface area contributed by atoms with Crippen molar-refractivity contribution in [3.8, 4) is 0 Å². The maximum atomic E-state index is 11.8. The maximum Gasteiger partial charge on any atom is 0.241 e. The van der Waals surface area contributed by atoms with E-state index < -0.39 is 15.6 Å². The Hall–Kier alpha value is -2.71. The molecule has 2 aromatic heterocycles. The van der Waals surface area contributed by atoms with E-state index in [0.717, 1.165) is 16.4 Å². The van der Waals surface area contributed by atoms with Crippen LogP contribution in [0.15, 0.2) is 59.7 Å². The fourth-order valence-corrected chi connectivity index (χ4v) is 4.34. The summed E-state index contributed by atoms with van der Waals surface area (Å²) in [6.45, 7) is 3.71. The van der Waals surface area contributed by atoms with Gasteiger partial charge in [0.15, 0.2) is 0 Å². The van der Waals surface area contributed by atoms with E-state index in [0.29, 0.717) is 5.95 Å². The number of nitrogens with one attached hydrogen (secondary N) is 1. The maximum absolute atomic E-state index is 11.8. The molecule has 2 unspecified atom stereocenters. The molecule has 3 N–H and O–H groups in total. The topological polar surface area (TPSA) is 102 Å². The van der Waals surface area contributed by atoms with Gasteiger partial charge in [0, 0.05) is 11.3 Å². The lowest BCUT2D eigenvalue weighted by molar-refractivity contribution is 0.474. The molecule has 3 aromatic rings. The molecular weight excluding hydrogens is 350 g/mol. The number of para-hydroxylation sites is 1. The Morgan fingerprint density at radius 1 is 1.31 bits per heavy atom. The van der Waals surface area contributed by atoms with Crippen molar-refractivity contribution in [3.63, 3.8) is 0 Å². The van der Waals surface area contributed by atoms with Crippen molar-refractivity contribution in [2.75, 3.05) is 5.32 Å². The highest BCUT2D eigenvalue weighted by molar-refractivity contribution is 7.93. The first-order valence-electron chi connectivity index (χ1n) is 8.22. The van der Waals surface area contributed by atoms with Crippen molar-refractivity contribution in [2.45, 2.75) is 19.4 Å². The van der Waals surface area contributed by atoms with Gasteiger partial charge in [0.25, 0.3) is 0 Å². The average Bonchev–Trinajstić information content (AvgIpc) is 2.94. The van der Waals surface area contributed by atoms with Crippen molar-refractivity contribution >= 4 is 32.4 Å². The van der Waals surface area contributed by atoms with Crippen LogP contribution in [0, 0.1) is 5.92 Å². The van der Waals surface area contributed by atoms with Crippen molar-refractivity contribution in [1.29, 1.82) is 0 Å². The SMILES string of the molecule is CC1C(S(N)(=O)=O)=CC=CC1(C)Nc1ncc2cc3ccccc3n2n1. The zero-order valence-electron chi connectivity index (χ0n) is 14.4.